The Morgan fingerprint density at radius 1 is 1.33 bits per heavy atom. The highest BCUT2D eigenvalue weighted by Crippen LogP contribution is 2.14. The molecule has 0 fully saturated rings. The van der Waals surface area contributed by atoms with E-state index in [0.29, 0.717) is 11.1 Å². The molecule has 2 rings (SSSR count). The molecule has 1 aromatic carbocycles. The zero-order valence-electron chi connectivity index (χ0n) is 8.61. The molecule has 15 heavy (non-hydrogen) atoms. The Kier molecular flexibility index (Phi) is 2.05. The number of fused-ring (bicyclic) bond motifs is 1. The molecule has 3 heteroatoms. The molecule has 0 atom stereocenters. The van der Waals surface area contributed by atoms with Gasteiger partial charge in [-0.05, 0) is 36.6 Å². The minimum absolute atomic E-state index is 0.00667. The van der Waals surface area contributed by atoms with E-state index in [1.54, 1.807) is 36.7 Å². The molecule has 0 N–H and O–H groups in total. The average Bonchev–Trinajstić information content (AvgIpc) is 2.25. The lowest BCUT2D eigenvalue weighted by atomic mass is 10.1. The van der Waals surface area contributed by atoms with Crippen LogP contribution in [0.3, 0.4) is 0 Å². The van der Waals surface area contributed by atoms with E-state index in [0.717, 1.165) is 10.9 Å². The fourth-order valence-electron chi connectivity index (χ4n) is 1.71. The summed E-state index contributed by atoms with van der Waals surface area (Å²) in [5.41, 5.74) is 2.16. The molecular weight excluding hydrogens is 188 g/mol. The quantitative estimate of drug-likeness (QED) is 0.647. The van der Waals surface area contributed by atoms with Gasteiger partial charge in [0.05, 0.1) is 17.1 Å². The van der Waals surface area contributed by atoms with E-state index in [2.05, 4.69) is 6.07 Å². The van der Waals surface area contributed by atoms with Gasteiger partial charge in [-0.15, -0.1) is 0 Å². The van der Waals surface area contributed by atoms with Crippen LogP contribution in [0.5, 0.6) is 0 Å². The van der Waals surface area contributed by atoms with Gasteiger partial charge in [-0.1, -0.05) is 0 Å². The molecule has 0 unspecified atom stereocenters. The van der Waals surface area contributed by atoms with Crippen molar-refractivity contribution < 1.29 is 0 Å². The molecule has 0 saturated heterocycles. The molecule has 1 aromatic heterocycles. The first-order valence-electron chi connectivity index (χ1n) is 4.64. The lowest BCUT2D eigenvalue weighted by Crippen LogP contribution is -2.19. The Morgan fingerprint density at radius 2 is 2.07 bits per heavy atom. The largest absolute Gasteiger partial charge is 0.311 e. The van der Waals surface area contributed by atoms with Crippen molar-refractivity contribution in [3.63, 3.8) is 0 Å². The van der Waals surface area contributed by atoms with Gasteiger partial charge in [-0.3, -0.25) is 4.79 Å². The molecule has 0 aliphatic carbocycles. The maximum Gasteiger partial charge on any atom is 0.253 e. The standard InChI is InChI=1S/C12H10N2O/c1-8-5-10-6-9(7-13)3-4-11(10)14(2)12(8)15/h3-6H,1-2H3. The normalized spacial score (nSPS) is 10.2. The summed E-state index contributed by atoms with van der Waals surface area (Å²) in [7, 11) is 1.74. The van der Waals surface area contributed by atoms with Gasteiger partial charge in [-0.25, -0.2) is 0 Å². The van der Waals surface area contributed by atoms with E-state index >= 15 is 0 Å². The number of aryl methyl sites for hydroxylation is 2. The Balaban J connectivity index is 2.94. The maximum atomic E-state index is 11.6. The van der Waals surface area contributed by atoms with Gasteiger partial charge < -0.3 is 4.57 Å². The van der Waals surface area contributed by atoms with Gasteiger partial charge in [0.15, 0.2) is 0 Å². The Hall–Kier alpha value is -2.08. The molecule has 74 valence electrons. The third kappa shape index (κ3) is 1.40. The van der Waals surface area contributed by atoms with Crippen LogP contribution in [0.15, 0.2) is 29.1 Å². The maximum absolute atomic E-state index is 11.6. The number of hydrogen-bond donors (Lipinski definition) is 0. The number of hydrogen-bond acceptors (Lipinski definition) is 2. The van der Waals surface area contributed by atoms with Gasteiger partial charge in [0.2, 0.25) is 0 Å². The molecule has 3 nitrogen and oxygen atoms in total. The second-order valence-electron chi connectivity index (χ2n) is 3.58. The second kappa shape index (κ2) is 3.25. The van der Waals surface area contributed by atoms with E-state index in [1.165, 1.54) is 0 Å². The molecule has 0 saturated carbocycles. The zero-order valence-corrected chi connectivity index (χ0v) is 8.61. The lowest BCUT2D eigenvalue weighted by molar-refractivity contribution is 0.893. The summed E-state index contributed by atoms with van der Waals surface area (Å²) < 4.78 is 1.60. The van der Waals surface area contributed by atoms with Crippen LogP contribution in [0.1, 0.15) is 11.1 Å². The van der Waals surface area contributed by atoms with Crippen molar-refractivity contribution in [3.8, 4) is 6.07 Å². The molecule has 0 amide bonds. The molecule has 0 aliphatic heterocycles. The van der Waals surface area contributed by atoms with Crippen molar-refractivity contribution >= 4 is 10.9 Å². The molecule has 1 heterocycles. The fraction of sp³-hybridized carbons (Fsp3) is 0.167. The summed E-state index contributed by atoms with van der Waals surface area (Å²) in [5.74, 6) is 0. The minimum atomic E-state index is 0.00667. The molecule has 0 aliphatic rings. The lowest BCUT2D eigenvalue weighted by Gasteiger charge is -2.06. The Morgan fingerprint density at radius 3 is 2.73 bits per heavy atom. The van der Waals surface area contributed by atoms with Crippen LogP contribution in [0, 0.1) is 18.3 Å². The summed E-state index contributed by atoms with van der Waals surface area (Å²) in [6.45, 7) is 1.78. The zero-order chi connectivity index (χ0) is 11.0. The summed E-state index contributed by atoms with van der Waals surface area (Å²) in [6.07, 6.45) is 0. The van der Waals surface area contributed by atoms with Crippen LogP contribution in [0.25, 0.3) is 10.9 Å². The van der Waals surface area contributed by atoms with Crippen molar-refractivity contribution in [1.82, 2.24) is 4.57 Å². The highest BCUT2D eigenvalue weighted by atomic mass is 16.1. The van der Waals surface area contributed by atoms with Crippen molar-refractivity contribution in [2.45, 2.75) is 6.92 Å². The Labute approximate surface area is 87.2 Å². The topological polar surface area (TPSA) is 45.8 Å². The van der Waals surface area contributed by atoms with Crippen LogP contribution in [-0.4, -0.2) is 4.57 Å². The fourth-order valence-corrected chi connectivity index (χ4v) is 1.71. The predicted molar refractivity (Wildman–Crippen MR) is 58.6 cm³/mol. The number of nitriles is 1. The van der Waals surface area contributed by atoms with Gasteiger partial charge in [0, 0.05) is 12.6 Å². The van der Waals surface area contributed by atoms with Crippen LogP contribution in [0.2, 0.25) is 0 Å². The molecule has 2 aromatic rings. The first-order valence-corrected chi connectivity index (χ1v) is 4.64. The smallest absolute Gasteiger partial charge is 0.253 e. The summed E-state index contributed by atoms with van der Waals surface area (Å²) in [4.78, 5) is 11.6. The monoisotopic (exact) mass is 198 g/mol. The minimum Gasteiger partial charge on any atom is -0.311 e. The van der Waals surface area contributed by atoms with E-state index < -0.39 is 0 Å². The van der Waals surface area contributed by atoms with E-state index in [9.17, 15) is 4.79 Å². The first-order chi connectivity index (χ1) is 7.13. The van der Waals surface area contributed by atoms with Crippen molar-refractivity contribution in [2.75, 3.05) is 0 Å². The number of rotatable bonds is 0. The highest BCUT2D eigenvalue weighted by Gasteiger charge is 2.03. The van der Waals surface area contributed by atoms with Crippen molar-refractivity contribution in [3.05, 3.63) is 45.7 Å². The average molecular weight is 198 g/mol. The highest BCUT2D eigenvalue weighted by molar-refractivity contribution is 5.81. The number of nitrogens with zero attached hydrogens (tertiary/aromatic N) is 2. The third-order valence-corrected chi connectivity index (χ3v) is 2.53. The SMILES string of the molecule is Cc1cc2cc(C#N)ccc2n(C)c1=O. The number of pyridine rings is 1. The summed E-state index contributed by atoms with van der Waals surface area (Å²) in [5, 5.41) is 9.70. The summed E-state index contributed by atoms with van der Waals surface area (Å²) >= 11 is 0. The molecule has 0 radical (unpaired) electrons. The second-order valence-corrected chi connectivity index (χ2v) is 3.58. The van der Waals surface area contributed by atoms with Crippen molar-refractivity contribution in [2.24, 2.45) is 7.05 Å². The van der Waals surface area contributed by atoms with Crippen LogP contribution in [-0.2, 0) is 7.05 Å². The molecule has 0 bridgehead atoms. The van der Waals surface area contributed by atoms with E-state index in [-0.39, 0.29) is 5.56 Å². The van der Waals surface area contributed by atoms with E-state index in [4.69, 9.17) is 5.26 Å². The Bertz CT molecular complexity index is 632. The van der Waals surface area contributed by atoms with Crippen LogP contribution >= 0.6 is 0 Å². The third-order valence-electron chi connectivity index (χ3n) is 2.53. The van der Waals surface area contributed by atoms with Crippen LogP contribution < -0.4 is 5.56 Å². The van der Waals surface area contributed by atoms with Gasteiger partial charge in [0.25, 0.3) is 5.56 Å². The number of benzene rings is 1. The van der Waals surface area contributed by atoms with Crippen molar-refractivity contribution in [1.29, 1.82) is 5.26 Å². The first kappa shape index (κ1) is 9.47. The van der Waals surface area contributed by atoms with Gasteiger partial charge in [-0.2, -0.15) is 5.26 Å². The summed E-state index contributed by atoms with van der Waals surface area (Å²) in [6, 6.07) is 9.22. The molecular formula is C12H10N2O. The predicted octanol–water partition coefficient (Wildman–Crippen LogP) is 1.72. The van der Waals surface area contributed by atoms with Crippen LogP contribution in [0.4, 0.5) is 0 Å². The van der Waals surface area contributed by atoms with Gasteiger partial charge in [0.1, 0.15) is 0 Å². The number of aromatic nitrogens is 1. The molecule has 0 spiro atoms. The van der Waals surface area contributed by atoms with E-state index in [1.807, 2.05) is 6.07 Å². The van der Waals surface area contributed by atoms with Gasteiger partial charge >= 0.3 is 0 Å².